The first-order valence-electron chi connectivity index (χ1n) is 4.04. The van der Waals surface area contributed by atoms with Crippen LogP contribution in [-0.2, 0) is 6.54 Å². The molecule has 0 aromatic carbocycles. The molecule has 1 aromatic rings. The third kappa shape index (κ3) is 1.92. The van der Waals surface area contributed by atoms with Gasteiger partial charge in [0.25, 0.3) is 0 Å². The molecule has 66 valence electrons. The van der Waals surface area contributed by atoms with Gasteiger partial charge in [-0.15, -0.1) is 0 Å². The molecule has 0 unspecified atom stereocenters. The Labute approximate surface area is 72.2 Å². The van der Waals surface area contributed by atoms with E-state index in [4.69, 9.17) is 5.73 Å². The average molecular weight is 166 g/mol. The van der Waals surface area contributed by atoms with E-state index in [-0.39, 0.29) is 0 Å². The third-order valence-corrected chi connectivity index (χ3v) is 1.55. The molecule has 0 amide bonds. The highest BCUT2D eigenvalue weighted by Gasteiger charge is 2.01. The van der Waals surface area contributed by atoms with Crippen molar-refractivity contribution in [1.82, 2.24) is 9.97 Å². The van der Waals surface area contributed by atoms with Crippen LogP contribution in [0.5, 0.6) is 0 Å². The molecule has 1 aromatic heterocycles. The van der Waals surface area contributed by atoms with Crippen molar-refractivity contribution in [2.45, 2.75) is 20.4 Å². The number of nitrogens with one attached hydrogen (secondary N) is 1. The van der Waals surface area contributed by atoms with Crippen LogP contribution >= 0.6 is 0 Å². The molecular weight excluding hydrogens is 152 g/mol. The van der Waals surface area contributed by atoms with Crippen LogP contribution in [0.4, 0.5) is 5.82 Å². The molecule has 0 spiro atoms. The largest absolute Gasteiger partial charge is 0.370 e. The molecule has 0 atom stereocenters. The summed E-state index contributed by atoms with van der Waals surface area (Å²) in [6.07, 6.45) is 1.76. The van der Waals surface area contributed by atoms with Crippen LogP contribution < -0.4 is 11.1 Å². The van der Waals surface area contributed by atoms with E-state index in [0.29, 0.717) is 6.54 Å². The van der Waals surface area contributed by atoms with E-state index in [0.717, 1.165) is 23.8 Å². The second-order valence-corrected chi connectivity index (χ2v) is 2.53. The van der Waals surface area contributed by atoms with Gasteiger partial charge in [-0.1, -0.05) is 0 Å². The average Bonchev–Trinajstić information content (AvgIpc) is 2.05. The van der Waals surface area contributed by atoms with E-state index in [9.17, 15) is 0 Å². The summed E-state index contributed by atoms with van der Waals surface area (Å²) in [7, 11) is 0. The molecule has 0 radical (unpaired) electrons. The Morgan fingerprint density at radius 3 is 2.92 bits per heavy atom. The van der Waals surface area contributed by atoms with Gasteiger partial charge in [0, 0.05) is 24.8 Å². The Morgan fingerprint density at radius 2 is 2.33 bits per heavy atom. The van der Waals surface area contributed by atoms with Gasteiger partial charge < -0.3 is 11.1 Å². The normalized spacial score (nSPS) is 9.92. The molecule has 1 heterocycles. The van der Waals surface area contributed by atoms with Crippen LogP contribution in [0.3, 0.4) is 0 Å². The predicted octanol–water partition coefficient (Wildman–Crippen LogP) is 0.676. The van der Waals surface area contributed by atoms with Gasteiger partial charge in [-0.25, -0.2) is 9.97 Å². The quantitative estimate of drug-likeness (QED) is 0.693. The van der Waals surface area contributed by atoms with Crippen molar-refractivity contribution in [1.29, 1.82) is 0 Å². The fraction of sp³-hybridized carbons (Fsp3) is 0.500. The van der Waals surface area contributed by atoms with Gasteiger partial charge in [0.15, 0.2) is 0 Å². The highest BCUT2D eigenvalue weighted by Crippen LogP contribution is 2.09. The standard InChI is InChI=1S/C8H14N4/c1-3-10-8-7(4-9)5-11-6(2)12-8/h5H,3-4,9H2,1-2H3,(H,10,11,12). The van der Waals surface area contributed by atoms with Crippen molar-refractivity contribution in [3.05, 3.63) is 17.6 Å². The smallest absolute Gasteiger partial charge is 0.134 e. The second-order valence-electron chi connectivity index (χ2n) is 2.53. The summed E-state index contributed by atoms with van der Waals surface area (Å²) in [5.74, 6) is 1.62. The number of rotatable bonds is 3. The zero-order chi connectivity index (χ0) is 8.97. The molecule has 0 saturated carbocycles. The first-order valence-corrected chi connectivity index (χ1v) is 4.04. The summed E-state index contributed by atoms with van der Waals surface area (Å²) in [6.45, 7) is 5.21. The molecule has 0 aliphatic heterocycles. The first kappa shape index (κ1) is 8.93. The number of anilines is 1. The summed E-state index contributed by atoms with van der Waals surface area (Å²) < 4.78 is 0. The minimum absolute atomic E-state index is 0.475. The van der Waals surface area contributed by atoms with Crippen molar-refractivity contribution >= 4 is 5.82 Å². The minimum atomic E-state index is 0.475. The molecule has 4 nitrogen and oxygen atoms in total. The molecule has 0 aliphatic carbocycles. The fourth-order valence-electron chi connectivity index (χ4n) is 0.965. The first-order chi connectivity index (χ1) is 5.77. The highest BCUT2D eigenvalue weighted by molar-refractivity contribution is 5.42. The van der Waals surface area contributed by atoms with Crippen LogP contribution in [0.1, 0.15) is 18.3 Å². The van der Waals surface area contributed by atoms with E-state index < -0.39 is 0 Å². The molecule has 12 heavy (non-hydrogen) atoms. The zero-order valence-electron chi connectivity index (χ0n) is 7.46. The van der Waals surface area contributed by atoms with E-state index in [1.165, 1.54) is 0 Å². The van der Waals surface area contributed by atoms with Gasteiger partial charge in [-0.3, -0.25) is 0 Å². The third-order valence-electron chi connectivity index (χ3n) is 1.55. The number of nitrogens with two attached hydrogens (primary N) is 1. The van der Waals surface area contributed by atoms with Gasteiger partial charge in [0.05, 0.1) is 0 Å². The Bertz CT molecular complexity index is 259. The number of aryl methyl sites for hydroxylation is 1. The highest BCUT2D eigenvalue weighted by atomic mass is 15.0. The topological polar surface area (TPSA) is 63.8 Å². The molecule has 0 fully saturated rings. The number of aromatic nitrogens is 2. The minimum Gasteiger partial charge on any atom is -0.370 e. The molecule has 0 aliphatic rings. The Hall–Kier alpha value is -1.16. The summed E-state index contributed by atoms with van der Waals surface area (Å²) in [5, 5.41) is 3.14. The zero-order valence-corrected chi connectivity index (χ0v) is 7.46. The Balaban J connectivity index is 2.95. The maximum absolute atomic E-state index is 5.51. The Morgan fingerprint density at radius 1 is 1.58 bits per heavy atom. The van der Waals surface area contributed by atoms with Gasteiger partial charge in [-0.2, -0.15) is 0 Å². The molecule has 1 rings (SSSR count). The number of hydrogen-bond acceptors (Lipinski definition) is 4. The maximum Gasteiger partial charge on any atom is 0.134 e. The summed E-state index contributed by atoms with van der Waals surface area (Å²) in [5.41, 5.74) is 6.47. The molecule has 4 heteroatoms. The second kappa shape index (κ2) is 4.01. The van der Waals surface area contributed by atoms with Crippen LogP contribution in [0, 0.1) is 6.92 Å². The molecule has 0 bridgehead atoms. The lowest BCUT2D eigenvalue weighted by atomic mass is 10.3. The van der Waals surface area contributed by atoms with E-state index in [2.05, 4.69) is 15.3 Å². The van der Waals surface area contributed by atoms with Gasteiger partial charge in [-0.05, 0) is 13.8 Å². The Kier molecular flexibility index (Phi) is 2.99. The van der Waals surface area contributed by atoms with Crippen LogP contribution in [0.15, 0.2) is 6.20 Å². The van der Waals surface area contributed by atoms with Gasteiger partial charge >= 0.3 is 0 Å². The van der Waals surface area contributed by atoms with Crippen molar-refractivity contribution in [2.24, 2.45) is 5.73 Å². The fourth-order valence-corrected chi connectivity index (χ4v) is 0.965. The van der Waals surface area contributed by atoms with Crippen LogP contribution in [-0.4, -0.2) is 16.5 Å². The summed E-state index contributed by atoms with van der Waals surface area (Å²) in [6, 6.07) is 0. The van der Waals surface area contributed by atoms with Crippen molar-refractivity contribution in [3.63, 3.8) is 0 Å². The predicted molar refractivity (Wildman–Crippen MR) is 48.8 cm³/mol. The van der Waals surface area contributed by atoms with Crippen LogP contribution in [0.2, 0.25) is 0 Å². The van der Waals surface area contributed by atoms with Gasteiger partial charge in [0.2, 0.25) is 0 Å². The van der Waals surface area contributed by atoms with Crippen LogP contribution in [0.25, 0.3) is 0 Å². The SMILES string of the molecule is CCNc1nc(C)ncc1CN. The lowest BCUT2D eigenvalue weighted by Crippen LogP contribution is -2.08. The van der Waals surface area contributed by atoms with Gasteiger partial charge in [0.1, 0.15) is 11.6 Å². The van der Waals surface area contributed by atoms with E-state index >= 15 is 0 Å². The van der Waals surface area contributed by atoms with Crippen molar-refractivity contribution in [2.75, 3.05) is 11.9 Å². The number of nitrogens with zero attached hydrogens (tertiary/aromatic N) is 2. The lowest BCUT2D eigenvalue weighted by Gasteiger charge is -2.07. The van der Waals surface area contributed by atoms with E-state index in [1.54, 1.807) is 6.20 Å². The summed E-state index contributed by atoms with van der Waals surface area (Å²) in [4.78, 5) is 8.29. The monoisotopic (exact) mass is 166 g/mol. The number of hydrogen-bond donors (Lipinski definition) is 2. The summed E-state index contributed by atoms with van der Waals surface area (Å²) >= 11 is 0. The molecule has 3 N–H and O–H groups in total. The molecule has 0 saturated heterocycles. The van der Waals surface area contributed by atoms with Crippen molar-refractivity contribution in [3.8, 4) is 0 Å². The molecular formula is C8H14N4. The lowest BCUT2D eigenvalue weighted by molar-refractivity contribution is 0.960. The van der Waals surface area contributed by atoms with Crippen molar-refractivity contribution < 1.29 is 0 Å². The van der Waals surface area contributed by atoms with E-state index in [1.807, 2.05) is 13.8 Å². The maximum atomic E-state index is 5.51.